The number of aromatic nitrogens is 2. The van der Waals surface area contributed by atoms with Gasteiger partial charge in [-0.2, -0.15) is 0 Å². The first-order chi connectivity index (χ1) is 18.4. The number of carbonyl (C=O) groups is 3. The second kappa shape index (κ2) is 9.67. The lowest BCUT2D eigenvalue weighted by atomic mass is 9.64. The summed E-state index contributed by atoms with van der Waals surface area (Å²) >= 11 is 1.43. The zero-order valence-corrected chi connectivity index (χ0v) is 21.9. The Labute approximate surface area is 224 Å². The monoisotopic (exact) mass is 533 g/mol. The van der Waals surface area contributed by atoms with E-state index in [4.69, 9.17) is 4.98 Å². The SMILES string of the molecule is C=CC(=O)N1CCC2(CC(n3c(NC(=O)c4ccc(C5CCNC(=O)C5)s4)nc4cc(CO)ccc43)C2)C1. The van der Waals surface area contributed by atoms with E-state index < -0.39 is 0 Å². The molecule has 3 N–H and O–H groups in total. The Bertz CT molecular complexity index is 1440. The van der Waals surface area contributed by atoms with Crippen molar-refractivity contribution in [1.82, 2.24) is 19.8 Å². The van der Waals surface area contributed by atoms with Crippen molar-refractivity contribution >= 4 is 46.0 Å². The number of aliphatic hydroxyl groups excluding tert-OH is 1. The Balaban J connectivity index is 1.24. The van der Waals surface area contributed by atoms with Gasteiger partial charge >= 0.3 is 0 Å². The Morgan fingerprint density at radius 3 is 2.89 bits per heavy atom. The summed E-state index contributed by atoms with van der Waals surface area (Å²) in [7, 11) is 0. The zero-order valence-electron chi connectivity index (χ0n) is 21.1. The van der Waals surface area contributed by atoms with E-state index in [1.54, 1.807) is 0 Å². The average molecular weight is 534 g/mol. The molecule has 3 aliphatic rings. The summed E-state index contributed by atoms with van der Waals surface area (Å²) in [5, 5.41) is 15.5. The molecule has 3 aromatic rings. The van der Waals surface area contributed by atoms with Crippen LogP contribution in [0.2, 0.25) is 0 Å². The molecule has 3 fully saturated rings. The summed E-state index contributed by atoms with van der Waals surface area (Å²) in [6.45, 7) is 5.67. The molecular formula is C28H31N5O4S. The topological polar surface area (TPSA) is 117 Å². The van der Waals surface area contributed by atoms with Crippen molar-refractivity contribution in [3.8, 4) is 0 Å². The van der Waals surface area contributed by atoms with Crippen molar-refractivity contribution in [1.29, 1.82) is 0 Å². The number of aliphatic hydroxyl groups is 1. The van der Waals surface area contributed by atoms with Gasteiger partial charge < -0.3 is 19.9 Å². The summed E-state index contributed by atoms with van der Waals surface area (Å²) in [5.74, 6) is 0.435. The van der Waals surface area contributed by atoms with E-state index in [0.717, 1.165) is 60.2 Å². The van der Waals surface area contributed by atoms with Crippen LogP contribution in [0.1, 0.15) is 64.2 Å². The lowest BCUT2D eigenvalue weighted by molar-refractivity contribution is -0.126. The van der Waals surface area contributed by atoms with Gasteiger partial charge in [0, 0.05) is 42.9 Å². The predicted octanol–water partition coefficient (Wildman–Crippen LogP) is 3.58. The number of imidazole rings is 1. The van der Waals surface area contributed by atoms with Gasteiger partial charge in [0.15, 0.2) is 0 Å². The molecule has 1 unspecified atom stereocenters. The molecule has 1 atom stereocenters. The largest absolute Gasteiger partial charge is 0.392 e. The Hall–Kier alpha value is -3.50. The molecule has 1 spiro atoms. The number of fused-ring (bicyclic) bond motifs is 1. The highest BCUT2D eigenvalue weighted by atomic mass is 32.1. The van der Waals surface area contributed by atoms with Gasteiger partial charge in [0.25, 0.3) is 5.91 Å². The standard InChI is InChI=1S/C28H31N5O4S/c1-2-25(36)32-10-8-28(16-32)13-19(14-28)33-21-4-3-17(15-34)11-20(21)30-27(33)31-26(37)23-6-5-22(38-23)18-7-9-29-24(35)12-18/h2-6,11,18-19,34H,1,7-10,12-16H2,(H,29,35)(H,30,31,37). The van der Waals surface area contributed by atoms with Gasteiger partial charge in [0.05, 0.1) is 22.5 Å². The third kappa shape index (κ3) is 4.41. The van der Waals surface area contributed by atoms with Crippen molar-refractivity contribution in [2.45, 2.75) is 50.7 Å². The number of likely N-dealkylation sites (tertiary alicyclic amines) is 1. The van der Waals surface area contributed by atoms with Crippen LogP contribution in [-0.4, -0.2) is 56.9 Å². The third-order valence-electron chi connectivity index (χ3n) is 8.29. The minimum Gasteiger partial charge on any atom is -0.392 e. The lowest BCUT2D eigenvalue weighted by Gasteiger charge is -2.46. The molecular weight excluding hydrogens is 502 g/mol. The zero-order chi connectivity index (χ0) is 26.4. The van der Waals surface area contributed by atoms with E-state index in [0.29, 0.717) is 23.8 Å². The van der Waals surface area contributed by atoms with E-state index in [2.05, 4.69) is 21.8 Å². The molecule has 6 rings (SSSR count). The van der Waals surface area contributed by atoms with E-state index >= 15 is 0 Å². The normalized spacial score (nSPS) is 24.9. The summed E-state index contributed by atoms with van der Waals surface area (Å²) in [5.41, 5.74) is 2.48. The molecule has 38 heavy (non-hydrogen) atoms. The number of anilines is 1. The minimum absolute atomic E-state index is 0.0212. The van der Waals surface area contributed by atoms with Crippen molar-refractivity contribution in [3.63, 3.8) is 0 Å². The number of hydrogen-bond donors (Lipinski definition) is 3. The lowest BCUT2D eigenvalue weighted by Crippen LogP contribution is -2.42. The van der Waals surface area contributed by atoms with Crippen molar-refractivity contribution in [3.05, 3.63) is 58.3 Å². The van der Waals surface area contributed by atoms with Crippen LogP contribution in [0.25, 0.3) is 11.0 Å². The van der Waals surface area contributed by atoms with E-state index in [1.165, 1.54) is 17.4 Å². The molecule has 1 saturated carbocycles. The number of thiophene rings is 1. The van der Waals surface area contributed by atoms with Crippen molar-refractivity contribution in [2.75, 3.05) is 25.0 Å². The highest BCUT2D eigenvalue weighted by Gasteiger charge is 2.50. The maximum atomic E-state index is 13.3. The molecule has 0 radical (unpaired) electrons. The molecule has 3 amide bonds. The smallest absolute Gasteiger partial charge is 0.268 e. The van der Waals surface area contributed by atoms with Crippen LogP contribution in [-0.2, 0) is 16.2 Å². The fraction of sp³-hybridized carbons (Fsp3) is 0.429. The van der Waals surface area contributed by atoms with Crippen LogP contribution in [0, 0.1) is 5.41 Å². The van der Waals surface area contributed by atoms with Crippen LogP contribution in [0.15, 0.2) is 43.0 Å². The number of nitrogens with one attached hydrogen (secondary N) is 2. The maximum absolute atomic E-state index is 13.3. The Kier molecular flexibility index (Phi) is 6.31. The van der Waals surface area contributed by atoms with Crippen LogP contribution in [0.5, 0.6) is 0 Å². The molecule has 0 bridgehead atoms. The first-order valence-corrected chi connectivity index (χ1v) is 13.9. The van der Waals surface area contributed by atoms with Gasteiger partial charge in [0.2, 0.25) is 17.8 Å². The number of benzene rings is 1. The summed E-state index contributed by atoms with van der Waals surface area (Å²) < 4.78 is 2.11. The summed E-state index contributed by atoms with van der Waals surface area (Å²) in [4.78, 5) is 45.5. The van der Waals surface area contributed by atoms with Crippen LogP contribution in [0.3, 0.4) is 0 Å². The van der Waals surface area contributed by atoms with E-state index in [1.807, 2.05) is 35.2 Å². The molecule has 1 aromatic carbocycles. The van der Waals surface area contributed by atoms with Crippen molar-refractivity contribution < 1.29 is 19.5 Å². The highest BCUT2D eigenvalue weighted by Crippen LogP contribution is 2.55. The van der Waals surface area contributed by atoms with Crippen LogP contribution >= 0.6 is 11.3 Å². The highest BCUT2D eigenvalue weighted by molar-refractivity contribution is 7.14. The predicted molar refractivity (Wildman–Crippen MR) is 145 cm³/mol. The van der Waals surface area contributed by atoms with Gasteiger partial charge in [-0.15, -0.1) is 11.3 Å². The molecule has 1 aliphatic carbocycles. The molecule has 10 heteroatoms. The molecule has 2 saturated heterocycles. The van der Waals surface area contributed by atoms with Crippen molar-refractivity contribution in [2.24, 2.45) is 5.41 Å². The number of hydrogen-bond acceptors (Lipinski definition) is 6. The number of piperidine rings is 1. The maximum Gasteiger partial charge on any atom is 0.268 e. The second-order valence-electron chi connectivity index (χ2n) is 10.8. The number of rotatable bonds is 6. The first kappa shape index (κ1) is 24.8. The number of amides is 3. The molecule has 4 heterocycles. The molecule has 9 nitrogen and oxygen atoms in total. The van der Waals surface area contributed by atoms with Gasteiger partial charge in [-0.25, -0.2) is 4.98 Å². The fourth-order valence-electron chi connectivity index (χ4n) is 6.29. The van der Waals surface area contributed by atoms with Crippen LogP contribution < -0.4 is 10.6 Å². The first-order valence-electron chi connectivity index (χ1n) is 13.1. The number of nitrogens with zero attached hydrogens (tertiary/aromatic N) is 3. The average Bonchev–Trinajstić information content (AvgIpc) is 3.64. The second-order valence-corrected chi connectivity index (χ2v) is 11.9. The Morgan fingerprint density at radius 1 is 1.29 bits per heavy atom. The van der Waals surface area contributed by atoms with Gasteiger partial charge in [0.1, 0.15) is 0 Å². The molecule has 2 aliphatic heterocycles. The molecule has 2 aromatic heterocycles. The summed E-state index contributed by atoms with van der Waals surface area (Å²) in [6, 6.07) is 9.61. The minimum atomic E-state index is -0.224. The number of carbonyl (C=O) groups excluding carboxylic acids is 3. The van der Waals surface area contributed by atoms with E-state index in [9.17, 15) is 19.5 Å². The van der Waals surface area contributed by atoms with Gasteiger partial charge in [-0.05, 0) is 67.0 Å². The third-order valence-corrected chi connectivity index (χ3v) is 9.54. The molecule has 198 valence electrons. The van der Waals surface area contributed by atoms with Gasteiger partial charge in [-0.1, -0.05) is 12.6 Å². The summed E-state index contributed by atoms with van der Waals surface area (Å²) in [6.07, 6.45) is 5.46. The fourth-order valence-corrected chi connectivity index (χ4v) is 7.33. The van der Waals surface area contributed by atoms with Crippen LogP contribution in [0.4, 0.5) is 5.95 Å². The van der Waals surface area contributed by atoms with Gasteiger partial charge in [-0.3, -0.25) is 19.7 Å². The quantitative estimate of drug-likeness (QED) is 0.419. The van der Waals surface area contributed by atoms with E-state index in [-0.39, 0.29) is 41.7 Å². The Morgan fingerprint density at radius 2 is 2.13 bits per heavy atom.